The lowest BCUT2D eigenvalue weighted by atomic mass is 10.1. The van der Waals surface area contributed by atoms with Gasteiger partial charge in [-0.05, 0) is 38.3 Å². The summed E-state index contributed by atoms with van der Waals surface area (Å²) in [5.41, 5.74) is 1.19. The molecule has 2 unspecified atom stereocenters. The normalized spacial score (nSPS) is 24.1. The van der Waals surface area contributed by atoms with Gasteiger partial charge in [0, 0.05) is 25.2 Å². The molecule has 0 saturated carbocycles. The van der Waals surface area contributed by atoms with E-state index in [0.29, 0.717) is 12.1 Å². The van der Waals surface area contributed by atoms with E-state index in [1.54, 1.807) is 0 Å². The van der Waals surface area contributed by atoms with E-state index in [2.05, 4.69) is 5.32 Å². The van der Waals surface area contributed by atoms with Gasteiger partial charge in [-0.2, -0.15) is 0 Å². The van der Waals surface area contributed by atoms with Gasteiger partial charge in [0.15, 0.2) is 6.61 Å². The molecule has 2 atom stereocenters. The third-order valence-corrected chi connectivity index (χ3v) is 4.26. The molecule has 1 amide bonds. The summed E-state index contributed by atoms with van der Waals surface area (Å²) < 4.78 is 5.59. The summed E-state index contributed by atoms with van der Waals surface area (Å²) in [7, 11) is 0. The van der Waals surface area contributed by atoms with E-state index in [9.17, 15) is 4.79 Å². The Bertz CT molecular complexity index is 478. The van der Waals surface area contributed by atoms with E-state index in [0.717, 1.165) is 25.3 Å². The van der Waals surface area contributed by atoms with Gasteiger partial charge in [0.25, 0.3) is 5.91 Å². The number of carbonyl (C=O) groups excluding carboxylic acids is 1. The van der Waals surface area contributed by atoms with Crippen molar-refractivity contribution in [2.45, 2.75) is 38.3 Å². The molecule has 2 fully saturated rings. The first kappa shape index (κ1) is 16.1. The predicted molar refractivity (Wildman–Crippen MR) is 85.1 cm³/mol. The number of nitrogens with one attached hydrogen (secondary N) is 1. The minimum absolute atomic E-state index is 0. The van der Waals surface area contributed by atoms with E-state index in [-0.39, 0.29) is 24.9 Å². The van der Waals surface area contributed by atoms with Crippen molar-refractivity contribution in [1.82, 2.24) is 10.2 Å². The van der Waals surface area contributed by atoms with Gasteiger partial charge in [0.2, 0.25) is 0 Å². The van der Waals surface area contributed by atoms with Crippen LogP contribution in [0.2, 0.25) is 0 Å². The minimum atomic E-state index is 0. The Kier molecular flexibility index (Phi) is 5.48. The molecule has 2 bridgehead atoms. The Balaban J connectivity index is 0.00000161. The monoisotopic (exact) mass is 310 g/mol. The third kappa shape index (κ3) is 4.11. The number of nitrogens with zero attached hydrogens (tertiary/aromatic N) is 1. The maximum absolute atomic E-state index is 12.2. The Labute approximate surface area is 132 Å². The summed E-state index contributed by atoms with van der Waals surface area (Å²) in [4.78, 5) is 14.2. The molecule has 4 nitrogen and oxygen atoms in total. The number of rotatable bonds is 3. The lowest BCUT2D eigenvalue weighted by Gasteiger charge is -2.24. The van der Waals surface area contributed by atoms with Gasteiger partial charge in [-0.25, -0.2) is 0 Å². The van der Waals surface area contributed by atoms with Crippen LogP contribution in [0, 0.1) is 6.92 Å². The van der Waals surface area contributed by atoms with Crippen molar-refractivity contribution in [3.05, 3.63) is 29.8 Å². The van der Waals surface area contributed by atoms with E-state index >= 15 is 0 Å². The van der Waals surface area contributed by atoms with E-state index in [1.807, 2.05) is 36.1 Å². The van der Waals surface area contributed by atoms with Crippen molar-refractivity contribution in [2.75, 3.05) is 19.7 Å². The number of hydrogen-bond donors (Lipinski definition) is 1. The highest BCUT2D eigenvalue weighted by Crippen LogP contribution is 2.20. The number of ether oxygens (including phenoxy) is 1. The number of halogens is 1. The lowest BCUT2D eigenvalue weighted by Crippen LogP contribution is -2.41. The fraction of sp³-hybridized carbons (Fsp3) is 0.562. The zero-order valence-corrected chi connectivity index (χ0v) is 13.2. The molecule has 3 rings (SSSR count). The summed E-state index contributed by atoms with van der Waals surface area (Å²) in [6, 6.07) is 8.90. The largest absolute Gasteiger partial charge is 0.484 e. The maximum atomic E-state index is 12.2. The van der Waals surface area contributed by atoms with Crippen LogP contribution >= 0.6 is 12.4 Å². The lowest BCUT2D eigenvalue weighted by molar-refractivity contribution is -0.133. The summed E-state index contributed by atoms with van der Waals surface area (Å²) >= 11 is 0. The second-order valence-corrected chi connectivity index (χ2v) is 5.87. The minimum Gasteiger partial charge on any atom is -0.484 e. The van der Waals surface area contributed by atoms with Crippen LogP contribution in [-0.2, 0) is 4.79 Å². The van der Waals surface area contributed by atoms with Crippen molar-refractivity contribution in [3.8, 4) is 5.75 Å². The van der Waals surface area contributed by atoms with E-state index < -0.39 is 0 Å². The smallest absolute Gasteiger partial charge is 0.260 e. The molecule has 2 aliphatic rings. The second-order valence-electron chi connectivity index (χ2n) is 5.87. The number of benzene rings is 1. The van der Waals surface area contributed by atoms with Gasteiger partial charge in [-0.3, -0.25) is 4.79 Å². The standard InChI is InChI=1S/C16H22N2O2.ClH/c1-12-2-6-15(7-3-12)20-11-16(19)18-9-8-13-4-5-14(10-18)17-13;/h2-3,6-7,13-14,17H,4-5,8-11H2,1H3;1H. The molecule has 2 saturated heterocycles. The number of hydrogen-bond acceptors (Lipinski definition) is 3. The molecule has 1 aromatic carbocycles. The van der Waals surface area contributed by atoms with Crippen molar-refractivity contribution in [2.24, 2.45) is 0 Å². The van der Waals surface area contributed by atoms with E-state index in [4.69, 9.17) is 4.74 Å². The molecule has 116 valence electrons. The summed E-state index contributed by atoms with van der Waals surface area (Å²) in [6.45, 7) is 3.85. The quantitative estimate of drug-likeness (QED) is 0.930. The highest BCUT2D eigenvalue weighted by Gasteiger charge is 2.31. The Morgan fingerprint density at radius 1 is 1.24 bits per heavy atom. The average molecular weight is 311 g/mol. The number of likely N-dealkylation sites (tertiary alicyclic amines) is 1. The summed E-state index contributed by atoms with van der Waals surface area (Å²) in [5, 5.41) is 3.58. The van der Waals surface area contributed by atoms with Gasteiger partial charge in [0.1, 0.15) is 5.75 Å². The molecule has 0 spiro atoms. The molecule has 1 N–H and O–H groups in total. The highest BCUT2D eigenvalue weighted by molar-refractivity contribution is 5.85. The van der Waals surface area contributed by atoms with Gasteiger partial charge >= 0.3 is 0 Å². The van der Waals surface area contributed by atoms with Gasteiger partial charge in [-0.1, -0.05) is 17.7 Å². The zero-order valence-electron chi connectivity index (χ0n) is 12.4. The molecule has 0 aliphatic carbocycles. The fourth-order valence-corrected chi connectivity index (χ4v) is 3.04. The van der Waals surface area contributed by atoms with Crippen molar-refractivity contribution >= 4 is 18.3 Å². The summed E-state index contributed by atoms with van der Waals surface area (Å²) in [5.74, 6) is 0.860. The Hall–Kier alpha value is -1.26. The van der Waals surface area contributed by atoms with Crippen LogP contribution in [-0.4, -0.2) is 42.6 Å². The molecule has 1 aromatic rings. The molecular formula is C16H23ClN2O2. The SMILES string of the molecule is Cc1ccc(OCC(=O)N2CCC3CCC(C2)N3)cc1.Cl. The number of aryl methyl sites for hydroxylation is 1. The van der Waals surface area contributed by atoms with Crippen molar-refractivity contribution in [1.29, 1.82) is 0 Å². The zero-order chi connectivity index (χ0) is 13.9. The van der Waals surface area contributed by atoms with Crippen LogP contribution in [0.5, 0.6) is 5.75 Å². The van der Waals surface area contributed by atoms with Crippen LogP contribution in [0.25, 0.3) is 0 Å². The fourth-order valence-electron chi connectivity index (χ4n) is 3.04. The van der Waals surface area contributed by atoms with Crippen LogP contribution < -0.4 is 10.1 Å². The molecule has 21 heavy (non-hydrogen) atoms. The average Bonchev–Trinajstić information content (AvgIpc) is 2.77. The van der Waals surface area contributed by atoms with Crippen LogP contribution in [0.1, 0.15) is 24.8 Å². The predicted octanol–water partition coefficient (Wildman–Crippen LogP) is 2.15. The second kappa shape index (κ2) is 7.14. The third-order valence-electron chi connectivity index (χ3n) is 4.26. The molecule has 2 heterocycles. The van der Waals surface area contributed by atoms with Gasteiger partial charge < -0.3 is 15.0 Å². The van der Waals surface area contributed by atoms with Crippen LogP contribution in [0.4, 0.5) is 0 Å². The van der Waals surface area contributed by atoms with Crippen LogP contribution in [0.3, 0.4) is 0 Å². The number of fused-ring (bicyclic) bond motifs is 2. The molecule has 0 aromatic heterocycles. The first-order valence-electron chi connectivity index (χ1n) is 7.44. The van der Waals surface area contributed by atoms with E-state index in [1.165, 1.54) is 18.4 Å². The number of carbonyl (C=O) groups is 1. The topological polar surface area (TPSA) is 41.6 Å². The maximum Gasteiger partial charge on any atom is 0.260 e. The molecule has 0 radical (unpaired) electrons. The first-order valence-corrected chi connectivity index (χ1v) is 7.44. The molecule has 2 aliphatic heterocycles. The van der Waals surface area contributed by atoms with Crippen molar-refractivity contribution < 1.29 is 9.53 Å². The van der Waals surface area contributed by atoms with Crippen molar-refractivity contribution in [3.63, 3.8) is 0 Å². The highest BCUT2D eigenvalue weighted by atomic mass is 35.5. The van der Waals surface area contributed by atoms with Gasteiger partial charge in [0.05, 0.1) is 0 Å². The van der Waals surface area contributed by atoms with Gasteiger partial charge in [-0.15, -0.1) is 12.4 Å². The Morgan fingerprint density at radius 3 is 2.71 bits per heavy atom. The van der Waals surface area contributed by atoms with Crippen LogP contribution in [0.15, 0.2) is 24.3 Å². The number of amides is 1. The summed E-state index contributed by atoms with van der Waals surface area (Å²) in [6.07, 6.45) is 3.51. The molecule has 5 heteroatoms. The Morgan fingerprint density at radius 2 is 1.95 bits per heavy atom. The first-order chi connectivity index (χ1) is 9.70. The molecular weight excluding hydrogens is 288 g/mol.